The predicted octanol–water partition coefficient (Wildman–Crippen LogP) is 1.18. The van der Waals surface area contributed by atoms with Crippen LogP contribution in [-0.4, -0.2) is 50.1 Å². The fraction of sp³-hybridized carbons (Fsp3) is 0.786. The Hall–Kier alpha value is -0.870. The topological polar surface area (TPSA) is 41.6 Å². The Morgan fingerprint density at radius 1 is 1.33 bits per heavy atom. The Morgan fingerprint density at radius 2 is 2.06 bits per heavy atom. The van der Waals surface area contributed by atoms with Crippen LogP contribution in [0, 0.1) is 5.41 Å². The average Bonchev–Trinajstić information content (AvgIpc) is 2.27. The number of rotatable bonds is 4. The van der Waals surface area contributed by atoms with Gasteiger partial charge in [-0.1, -0.05) is 13.8 Å². The molecule has 0 amide bonds. The normalized spacial score (nSPS) is 24.8. The van der Waals surface area contributed by atoms with E-state index in [4.69, 9.17) is 4.74 Å². The smallest absolute Gasteiger partial charge is 0.157 e. The van der Waals surface area contributed by atoms with Crippen molar-refractivity contribution in [1.29, 1.82) is 0 Å². The summed E-state index contributed by atoms with van der Waals surface area (Å²) in [5, 5.41) is 3.41. The second kappa shape index (κ2) is 5.85. The van der Waals surface area contributed by atoms with Crippen molar-refractivity contribution < 1.29 is 9.53 Å². The number of nitrogens with zero attached hydrogens (tertiary/aromatic N) is 1. The van der Waals surface area contributed by atoms with E-state index < -0.39 is 0 Å². The van der Waals surface area contributed by atoms with Crippen molar-refractivity contribution in [3.05, 3.63) is 11.8 Å². The van der Waals surface area contributed by atoms with Gasteiger partial charge < -0.3 is 10.1 Å². The summed E-state index contributed by atoms with van der Waals surface area (Å²) in [6.07, 6.45) is 3.42. The molecule has 2 rings (SSSR count). The molecular weight excluding hydrogens is 228 g/mol. The van der Waals surface area contributed by atoms with Crippen molar-refractivity contribution in [2.75, 3.05) is 39.4 Å². The molecule has 4 nitrogen and oxygen atoms in total. The van der Waals surface area contributed by atoms with Gasteiger partial charge in [-0.2, -0.15) is 0 Å². The molecule has 1 aliphatic heterocycles. The summed E-state index contributed by atoms with van der Waals surface area (Å²) in [7, 11) is 0. The number of nitrogens with one attached hydrogen (secondary N) is 1. The zero-order chi connectivity index (χ0) is 13.0. The van der Waals surface area contributed by atoms with Crippen molar-refractivity contribution in [2.24, 2.45) is 5.41 Å². The van der Waals surface area contributed by atoms with Crippen molar-refractivity contribution >= 4 is 5.78 Å². The molecule has 18 heavy (non-hydrogen) atoms. The zero-order valence-electron chi connectivity index (χ0n) is 11.5. The number of carbonyl (C=O) groups excluding carboxylic acids is 1. The number of hydrogen-bond donors (Lipinski definition) is 1. The van der Waals surface area contributed by atoms with Gasteiger partial charge >= 0.3 is 0 Å². The van der Waals surface area contributed by atoms with Crippen molar-refractivity contribution in [3.8, 4) is 0 Å². The highest BCUT2D eigenvalue weighted by Crippen LogP contribution is 2.32. The molecule has 1 heterocycles. The molecule has 1 fully saturated rings. The summed E-state index contributed by atoms with van der Waals surface area (Å²) in [5.41, 5.74) is 1.21. The van der Waals surface area contributed by atoms with Gasteiger partial charge in [-0.3, -0.25) is 9.69 Å². The van der Waals surface area contributed by atoms with E-state index in [-0.39, 0.29) is 11.2 Å². The Kier molecular flexibility index (Phi) is 4.40. The van der Waals surface area contributed by atoms with Crippen molar-refractivity contribution in [3.63, 3.8) is 0 Å². The molecule has 1 N–H and O–H groups in total. The third-order valence-corrected chi connectivity index (χ3v) is 3.54. The van der Waals surface area contributed by atoms with Gasteiger partial charge in [-0.25, -0.2) is 0 Å². The van der Waals surface area contributed by atoms with Gasteiger partial charge in [0.2, 0.25) is 0 Å². The molecule has 0 radical (unpaired) electrons. The molecule has 102 valence electrons. The van der Waals surface area contributed by atoms with E-state index in [1.165, 1.54) is 0 Å². The zero-order valence-corrected chi connectivity index (χ0v) is 11.5. The first-order chi connectivity index (χ1) is 8.55. The van der Waals surface area contributed by atoms with Gasteiger partial charge in [0, 0.05) is 44.4 Å². The van der Waals surface area contributed by atoms with Crippen molar-refractivity contribution in [1.82, 2.24) is 10.2 Å². The first-order valence-corrected chi connectivity index (χ1v) is 6.83. The molecular formula is C14H24N2O2. The molecule has 0 bridgehead atoms. The first kappa shape index (κ1) is 13.6. The Bertz CT molecular complexity index is 331. The van der Waals surface area contributed by atoms with Gasteiger partial charge in [0.25, 0.3) is 0 Å². The van der Waals surface area contributed by atoms with Gasteiger partial charge in [0.05, 0.1) is 13.2 Å². The largest absolute Gasteiger partial charge is 0.387 e. The number of ketones is 1. The van der Waals surface area contributed by atoms with E-state index in [1.807, 2.05) is 0 Å². The monoisotopic (exact) mass is 252 g/mol. The Morgan fingerprint density at radius 3 is 2.72 bits per heavy atom. The van der Waals surface area contributed by atoms with E-state index in [2.05, 4.69) is 24.1 Å². The number of ether oxygens (including phenoxy) is 1. The SMILES string of the molecule is CC1(C)CC(=O)C=C(NCCN2CCOCC2)C1. The minimum Gasteiger partial charge on any atom is -0.387 e. The third kappa shape index (κ3) is 4.10. The number of morpholine rings is 1. The lowest BCUT2D eigenvalue weighted by Crippen LogP contribution is -2.40. The van der Waals surface area contributed by atoms with Crippen LogP contribution >= 0.6 is 0 Å². The van der Waals surface area contributed by atoms with Gasteiger partial charge in [-0.05, 0) is 11.8 Å². The van der Waals surface area contributed by atoms with Crippen LogP contribution in [0.5, 0.6) is 0 Å². The lowest BCUT2D eigenvalue weighted by molar-refractivity contribution is -0.117. The third-order valence-electron chi connectivity index (χ3n) is 3.54. The molecule has 0 unspecified atom stereocenters. The number of hydrogen-bond acceptors (Lipinski definition) is 4. The molecule has 0 atom stereocenters. The summed E-state index contributed by atoms with van der Waals surface area (Å²) in [5.74, 6) is 0.250. The second-order valence-electron chi connectivity index (χ2n) is 6.03. The highest BCUT2D eigenvalue weighted by Gasteiger charge is 2.27. The van der Waals surface area contributed by atoms with Crippen LogP contribution in [0.3, 0.4) is 0 Å². The molecule has 2 aliphatic rings. The highest BCUT2D eigenvalue weighted by atomic mass is 16.5. The Labute approximate surface area is 109 Å². The van der Waals surface area contributed by atoms with E-state index in [0.29, 0.717) is 6.42 Å². The summed E-state index contributed by atoms with van der Waals surface area (Å²) < 4.78 is 5.32. The summed E-state index contributed by atoms with van der Waals surface area (Å²) >= 11 is 0. The van der Waals surface area contributed by atoms with E-state index in [9.17, 15) is 4.79 Å². The van der Waals surface area contributed by atoms with E-state index in [0.717, 1.165) is 51.5 Å². The van der Waals surface area contributed by atoms with Gasteiger partial charge in [0.1, 0.15) is 0 Å². The van der Waals surface area contributed by atoms with Gasteiger partial charge in [-0.15, -0.1) is 0 Å². The minimum absolute atomic E-state index is 0.104. The van der Waals surface area contributed by atoms with Crippen LogP contribution < -0.4 is 5.32 Å². The fourth-order valence-electron chi connectivity index (χ4n) is 2.66. The maximum Gasteiger partial charge on any atom is 0.157 e. The number of carbonyl (C=O) groups is 1. The van der Waals surface area contributed by atoms with Gasteiger partial charge in [0.15, 0.2) is 5.78 Å². The van der Waals surface area contributed by atoms with Crippen LogP contribution in [0.2, 0.25) is 0 Å². The molecule has 0 aromatic heterocycles. The van der Waals surface area contributed by atoms with E-state index >= 15 is 0 Å². The molecule has 0 aromatic rings. The average molecular weight is 252 g/mol. The van der Waals surface area contributed by atoms with Crippen LogP contribution in [0.15, 0.2) is 11.8 Å². The number of allylic oxidation sites excluding steroid dienone is 2. The maximum atomic E-state index is 11.6. The summed E-state index contributed by atoms with van der Waals surface area (Å²) in [4.78, 5) is 14.0. The molecule has 1 aliphatic carbocycles. The van der Waals surface area contributed by atoms with Crippen LogP contribution in [-0.2, 0) is 9.53 Å². The summed E-state index contributed by atoms with van der Waals surface area (Å²) in [6.45, 7) is 9.96. The fourth-order valence-corrected chi connectivity index (χ4v) is 2.66. The van der Waals surface area contributed by atoms with Crippen LogP contribution in [0.4, 0.5) is 0 Å². The van der Waals surface area contributed by atoms with Crippen LogP contribution in [0.1, 0.15) is 26.7 Å². The molecule has 0 aromatic carbocycles. The molecule has 0 spiro atoms. The summed E-state index contributed by atoms with van der Waals surface area (Å²) in [6, 6.07) is 0. The molecule has 1 saturated heterocycles. The Balaban J connectivity index is 1.74. The minimum atomic E-state index is 0.104. The molecule has 0 saturated carbocycles. The van der Waals surface area contributed by atoms with Crippen molar-refractivity contribution in [2.45, 2.75) is 26.7 Å². The predicted molar refractivity (Wildman–Crippen MR) is 71.4 cm³/mol. The lowest BCUT2D eigenvalue weighted by atomic mass is 9.79. The van der Waals surface area contributed by atoms with Crippen LogP contribution in [0.25, 0.3) is 0 Å². The van der Waals surface area contributed by atoms with E-state index in [1.54, 1.807) is 6.08 Å². The maximum absolute atomic E-state index is 11.6. The highest BCUT2D eigenvalue weighted by molar-refractivity contribution is 5.91. The second-order valence-corrected chi connectivity index (χ2v) is 6.03. The lowest BCUT2D eigenvalue weighted by Gasteiger charge is -2.30. The standard InChI is InChI=1S/C14H24N2O2/c1-14(2)10-12(9-13(17)11-14)15-3-4-16-5-7-18-8-6-16/h9,15H,3-8,10-11H2,1-2H3. The quantitative estimate of drug-likeness (QED) is 0.816. The first-order valence-electron chi connectivity index (χ1n) is 6.83. The molecule has 4 heteroatoms.